The van der Waals surface area contributed by atoms with Crippen molar-refractivity contribution in [2.75, 3.05) is 13.2 Å². The Balaban J connectivity index is 2.15. The number of carbonyl (C=O) groups excluding carboxylic acids is 1. The Bertz CT molecular complexity index is 248. The number of rotatable bonds is 6. The van der Waals surface area contributed by atoms with E-state index in [0.29, 0.717) is 18.9 Å². The molecule has 1 heterocycles. The van der Waals surface area contributed by atoms with Gasteiger partial charge in [-0.25, -0.2) is 0 Å². The maximum absolute atomic E-state index is 11.4. The Morgan fingerprint density at radius 2 is 2.25 bits per heavy atom. The van der Waals surface area contributed by atoms with Gasteiger partial charge in [0.2, 0.25) is 5.91 Å². The summed E-state index contributed by atoms with van der Waals surface area (Å²) in [5.74, 6) is -0.533. The maximum Gasteiger partial charge on any atom is 0.303 e. The van der Waals surface area contributed by atoms with Gasteiger partial charge in [0.25, 0.3) is 0 Å². The lowest BCUT2D eigenvalue weighted by Gasteiger charge is -2.19. The minimum absolute atomic E-state index is 0.0499. The Morgan fingerprint density at radius 3 is 2.81 bits per heavy atom. The van der Waals surface area contributed by atoms with Crippen LogP contribution in [-0.2, 0) is 14.3 Å². The number of ether oxygens (including phenoxy) is 1. The normalized spacial score (nSPS) is 21.7. The fourth-order valence-electron chi connectivity index (χ4n) is 1.79. The molecule has 1 aliphatic rings. The minimum atomic E-state index is -0.856. The van der Waals surface area contributed by atoms with Crippen LogP contribution in [0.4, 0.5) is 0 Å². The molecule has 0 spiro atoms. The molecule has 92 valence electrons. The molecule has 1 aliphatic heterocycles. The number of hydrogen-bond acceptors (Lipinski definition) is 3. The van der Waals surface area contributed by atoms with Crippen LogP contribution in [0.25, 0.3) is 0 Å². The van der Waals surface area contributed by atoms with Gasteiger partial charge in [0.1, 0.15) is 0 Å². The second kappa shape index (κ2) is 6.48. The molecule has 1 amide bonds. The molecule has 0 aliphatic carbocycles. The molecule has 2 N–H and O–H groups in total. The van der Waals surface area contributed by atoms with Gasteiger partial charge in [-0.1, -0.05) is 0 Å². The van der Waals surface area contributed by atoms with E-state index >= 15 is 0 Å². The van der Waals surface area contributed by atoms with Crippen molar-refractivity contribution in [3.8, 4) is 0 Å². The molecule has 0 aromatic rings. The van der Waals surface area contributed by atoms with Crippen LogP contribution in [0.15, 0.2) is 0 Å². The van der Waals surface area contributed by atoms with Crippen LogP contribution >= 0.6 is 0 Å². The molecule has 1 saturated heterocycles. The predicted molar refractivity (Wildman–Crippen MR) is 58.0 cm³/mol. The van der Waals surface area contributed by atoms with Crippen molar-refractivity contribution < 1.29 is 19.4 Å². The van der Waals surface area contributed by atoms with Crippen molar-refractivity contribution in [2.24, 2.45) is 5.92 Å². The summed E-state index contributed by atoms with van der Waals surface area (Å²) in [6, 6.07) is 0.111. The molecule has 2 unspecified atom stereocenters. The molecule has 5 nitrogen and oxygen atoms in total. The van der Waals surface area contributed by atoms with Crippen LogP contribution in [0.1, 0.15) is 32.6 Å². The molecule has 16 heavy (non-hydrogen) atoms. The second-order valence-electron chi connectivity index (χ2n) is 4.23. The molecule has 0 aromatic heterocycles. The molecular weight excluding hydrogens is 210 g/mol. The fourth-order valence-corrected chi connectivity index (χ4v) is 1.79. The third-order valence-electron chi connectivity index (χ3n) is 2.86. The van der Waals surface area contributed by atoms with Crippen molar-refractivity contribution in [2.45, 2.75) is 38.6 Å². The van der Waals surface area contributed by atoms with Gasteiger partial charge in [-0.15, -0.1) is 0 Å². The minimum Gasteiger partial charge on any atom is -0.481 e. The topological polar surface area (TPSA) is 75.6 Å². The van der Waals surface area contributed by atoms with Gasteiger partial charge in [0.05, 0.1) is 6.61 Å². The predicted octanol–water partition coefficient (Wildman–Crippen LogP) is 0.782. The summed E-state index contributed by atoms with van der Waals surface area (Å²) >= 11 is 0. The number of nitrogens with one attached hydrogen (secondary N) is 1. The Labute approximate surface area is 95.2 Å². The Kier molecular flexibility index (Phi) is 5.25. The molecule has 0 radical (unpaired) electrons. The highest BCUT2D eigenvalue weighted by Crippen LogP contribution is 2.16. The number of carbonyl (C=O) groups is 2. The van der Waals surface area contributed by atoms with Gasteiger partial charge in [-0.3, -0.25) is 9.59 Å². The largest absolute Gasteiger partial charge is 0.481 e. The zero-order valence-corrected chi connectivity index (χ0v) is 9.57. The summed E-state index contributed by atoms with van der Waals surface area (Å²) < 4.78 is 5.24. The van der Waals surface area contributed by atoms with E-state index in [1.165, 1.54) is 0 Å². The lowest BCUT2D eigenvalue weighted by atomic mass is 10.0. The van der Waals surface area contributed by atoms with Gasteiger partial charge in [-0.2, -0.15) is 0 Å². The number of carboxylic acids is 1. The van der Waals surface area contributed by atoms with Gasteiger partial charge in [0.15, 0.2) is 0 Å². The number of hydrogen-bond donors (Lipinski definition) is 2. The van der Waals surface area contributed by atoms with Gasteiger partial charge in [0, 0.05) is 31.4 Å². The average Bonchev–Trinajstić information content (AvgIpc) is 2.69. The SMILES string of the molecule is CC(NC(=O)CCCC(=O)O)C1CCOC1. The second-order valence-corrected chi connectivity index (χ2v) is 4.23. The van der Waals surface area contributed by atoms with Crippen LogP contribution < -0.4 is 5.32 Å². The van der Waals surface area contributed by atoms with E-state index < -0.39 is 5.97 Å². The standard InChI is InChI=1S/C11H19NO4/c1-8(9-5-6-16-7-9)12-10(13)3-2-4-11(14)15/h8-9H,2-7H2,1H3,(H,12,13)(H,14,15). The van der Waals surface area contributed by atoms with Gasteiger partial charge >= 0.3 is 5.97 Å². The van der Waals surface area contributed by atoms with E-state index in [-0.39, 0.29) is 24.8 Å². The quantitative estimate of drug-likeness (QED) is 0.705. The van der Waals surface area contributed by atoms with E-state index in [1.54, 1.807) is 0 Å². The van der Waals surface area contributed by atoms with Crippen LogP contribution in [0.3, 0.4) is 0 Å². The molecule has 0 bridgehead atoms. The number of aliphatic carboxylic acids is 1. The van der Waals surface area contributed by atoms with Crippen LogP contribution in [0, 0.1) is 5.92 Å². The molecule has 0 saturated carbocycles. The molecule has 2 atom stereocenters. The number of carboxylic acid groups (broad SMARTS) is 1. The zero-order valence-electron chi connectivity index (χ0n) is 9.57. The van der Waals surface area contributed by atoms with Crippen molar-refractivity contribution in [1.82, 2.24) is 5.32 Å². The van der Waals surface area contributed by atoms with Crippen LogP contribution in [-0.4, -0.2) is 36.2 Å². The third kappa shape index (κ3) is 4.61. The molecular formula is C11H19NO4. The van der Waals surface area contributed by atoms with E-state index in [9.17, 15) is 9.59 Å². The van der Waals surface area contributed by atoms with Crippen LogP contribution in [0.2, 0.25) is 0 Å². The molecule has 1 fully saturated rings. The monoisotopic (exact) mass is 229 g/mol. The highest BCUT2D eigenvalue weighted by molar-refractivity contribution is 5.77. The first kappa shape index (κ1) is 13.0. The number of amides is 1. The van der Waals surface area contributed by atoms with E-state index in [4.69, 9.17) is 9.84 Å². The average molecular weight is 229 g/mol. The zero-order chi connectivity index (χ0) is 12.0. The molecule has 1 rings (SSSR count). The highest BCUT2D eigenvalue weighted by atomic mass is 16.5. The highest BCUT2D eigenvalue weighted by Gasteiger charge is 2.23. The van der Waals surface area contributed by atoms with Crippen molar-refractivity contribution >= 4 is 11.9 Å². The van der Waals surface area contributed by atoms with Gasteiger partial charge < -0.3 is 15.2 Å². The van der Waals surface area contributed by atoms with Crippen molar-refractivity contribution in [1.29, 1.82) is 0 Å². The molecule has 0 aromatic carbocycles. The first-order valence-electron chi connectivity index (χ1n) is 5.68. The first-order chi connectivity index (χ1) is 7.59. The Hall–Kier alpha value is -1.10. The summed E-state index contributed by atoms with van der Waals surface area (Å²) in [7, 11) is 0. The smallest absolute Gasteiger partial charge is 0.303 e. The van der Waals surface area contributed by atoms with Crippen LogP contribution in [0.5, 0.6) is 0 Å². The summed E-state index contributed by atoms with van der Waals surface area (Å²) in [4.78, 5) is 21.7. The third-order valence-corrected chi connectivity index (χ3v) is 2.86. The maximum atomic E-state index is 11.4. The summed E-state index contributed by atoms with van der Waals surface area (Å²) in [6.45, 7) is 3.44. The van der Waals surface area contributed by atoms with Crippen molar-refractivity contribution in [3.05, 3.63) is 0 Å². The lowest BCUT2D eigenvalue weighted by Crippen LogP contribution is -2.38. The summed E-state index contributed by atoms with van der Waals surface area (Å²) in [5.41, 5.74) is 0. The Morgan fingerprint density at radius 1 is 1.50 bits per heavy atom. The lowest BCUT2D eigenvalue weighted by molar-refractivity contribution is -0.137. The van der Waals surface area contributed by atoms with E-state index in [2.05, 4.69) is 5.32 Å². The van der Waals surface area contributed by atoms with E-state index in [0.717, 1.165) is 13.0 Å². The summed E-state index contributed by atoms with van der Waals surface area (Å²) in [5, 5.41) is 11.3. The van der Waals surface area contributed by atoms with Crippen molar-refractivity contribution in [3.63, 3.8) is 0 Å². The fraction of sp³-hybridized carbons (Fsp3) is 0.818. The first-order valence-corrected chi connectivity index (χ1v) is 5.68. The molecule has 5 heteroatoms. The van der Waals surface area contributed by atoms with E-state index in [1.807, 2.05) is 6.92 Å². The summed E-state index contributed by atoms with van der Waals surface area (Å²) in [6.07, 6.45) is 1.71. The van der Waals surface area contributed by atoms with Gasteiger partial charge in [-0.05, 0) is 19.8 Å².